The number of nitrogens with one attached hydrogen (secondary N) is 1. The molecule has 9 nitrogen and oxygen atoms in total. The molecule has 122 valence electrons. The van der Waals surface area contributed by atoms with Crippen LogP contribution in [0.25, 0.3) is 10.8 Å². The van der Waals surface area contributed by atoms with Crippen LogP contribution >= 0.6 is 27.3 Å². The van der Waals surface area contributed by atoms with E-state index in [0.29, 0.717) is 16.0 Å². The lowest BCUT2D eigenvalue weighted by atomic mass is 10.2. The van der Waals surface area contributed by atoms with Gasteiger partial charge in [0.25, 0.3) is 5.82 Å². The normalized spacial score (nSPS) is 11.1. The van der Waals surface area contributed by atoms with Gasteiger partial charge in [0, 0.05) is 10.0 Å². The molecule has 0 unspecified atom stereocenters. The van der Waals surface area contributed by atoms with Crippen molar-refractivity contribution in [2.24, 2.45) is 12.1 Å². The van der Waals surface area contributed by atoms with Crippen LogP contribution in [0.4, 0.5) is 10.9 Å². The van der Waals surface area contributed by atoms with Gasteiger partial charge in [0.1, 0.15) is 6.20 Å². The van der Waals surface area contributed by atoms with Gasteiger partial charge < -0.3 is 10.1 Å². The monoisotopic (exact) mass is 407 g/mol. The Labute approximate surface area is 148 Å². The van der Waals surface area contributed by atoms with Crippen LogP contribution in [-0.4, -0.2) is 30.9 Å². The number of rotatable bonds is 5. The fourth-order valence-electron chi connectivity index (χ4n) is 1.86. The average molecular weight is 408 g/mol. The second-order valence-corrected chi connectivity index (χ2v) is 6.39. The Kier molecular flexibility index (Phi) is 4.62. The Balaban J connectivity index is 1.75. The maximum Gasteiger partial charge on any atom is 0.342 e. The van der Waals surface area contributed by atoms with Crippen LogP contribution < -0.4 is 5.43 Å². The molecule has 0 radical (unpaired) electrons. The molecule has 3 aromatic rings. The lowest BCUT2D eigenvalue weighted by molar-refractivity contribution is -0.391. The van der Waals surface area contributed by atoms with E-state index in [1.807, 2.05) is 24.3 Å². The molecule has 0 aliphatic rings. The summed E-state index contributed by atoms with van der Waals surface area (Å²) in [6, 6.07) is 7.65. The van der Waals surface area contributed by atoms with Gasteiger partial charge in [-0.25, -0.2) is 9.55 Å². The highest BCUT2D eigenvalue weighted by Gasteiger charge is 2.21. The molecule has 2 aromatic heterocycles. The van der Waals surface area contributed by atoms with E-state index >= 15 is 0 Å². The molecule has 0 aliphatic heterocycles. The Bertz CT molecular complexity index is 921. The first-order valence-corrected chi connectivity index (χ1v) is 8.21. The molecule has 0 saturated carbocycles. The third kappa shape index (κ3) is 3.31. The molecule has 0 bridgehead atoms. The topological polar surface area (TPSA) is 111 Å². The summed E-state index contributed by atoms with van der Waals surface area (Å²) in [6.07, 6.45) is 2.84. The highest BCUT2D eigenvalue weighted by Crippen LogP contribution is 2.27. The largest absolute Gasteiger partial charge is 0.358 e. The van der Waals surface area contributed by atoms with Crippen molar-refractivity contribution in [2.45, 2.75) is 0 Å². The summed E-state index contributed by atoms with van der Waals surface area (Å²) in [5, 5.41) is 23.8. The van der Waals surface area contributed by atoms with E-state index in [0.717, 1.165) is 10.0 Å². The molecule has 3 rings (SSSR count). The quantitative estimate of drug-likeness (QED) is 0.395. The number of hydrogen-bond donors (Lipinski definition) is 1. The number of hydrogen-bond acceptors (Lipinski definition) is 8. The molecule has 11 heteroatoms. The van der Waals surface area contributed by atoms with Crippen molar-refractivity contribution in [3.8, 4) is 10.8 Å². The van der Waals surface area contributed by atoms with E-state index < -0.39 is 4.92 Å². The van der Waals surface area contributed by atoms with Crippen molar-refractivity contribution in [3.63, 3.8) is 0 Å². The minimum absolute atomic E-state index is 0.110. The number of anilines is 1. The zero-order valence-electron chi connectivity index (χ0n) is 12.3. The van der Waals surface area contributed by atoms with Crippen molar-refractivity contribution in [1.29, 1.82) is 0 Å². The Hall–Kier alpha value is -2.66. The van der Waals surface area contributed by atoms with E-state index in [1.165, 1.54) is 22.1 Å². The Morgan fingerprint density at radius 2 is 2.21 bits per heavy atom. The molecule has 0 saturated heterocycles. The van der Waals surface area contributed by atoms with Gasteiger partial charge in [-0.05, 0) is 11.0 Å². The second-order valence-electron chi connectivity index (χ2n) is 4.56. The molecule has 0 aliphatic carbocycles. The molecule has 0 spiro atoms. The predicted molar refractivity (Wildman–Crippen MR) is 94.1 cm³/mol. The summed E-state index contributed by atoms with van der Waals surface area (Å²) < 4.78 is 2.28. The van der Waals surface area contributed by atoms with E-state index in [2.05, 4.69) is 41.6 Å². The summed E-state index contributed by atoms with van der Waals surface area (Å²) in [4.78, 5) is 14.4. The first-order valence-electron chi connectivity index (χ1n) is 6.60. The van der Waals surface area contributed by atoms with Crippen LogP contribution in [0.3, 0.4) is 0 Å². The molecule has 2 heterocycles. The smallest absolute Gasteiger partial charge is 0.342 e. The lowest BCUT2D eigenvalue weighted by Crippen LogP contribution is -1.98. The molecular formula is C13H10BrN7O2S. The average Bonchev–Trinajstić information content (AvgIpc) is 3.15. The van der Waals surface area contributed by atoms with Crippen molar-refractivity contribution in [1.82, 2.24) is 19.7 Å². The maximum atomic E-state index is 10.9. The van der Waals surface area contributed by atoms with Gasteiger partial charge >= 0.3 is 5.82 Å². The van der Waals surface area contributed by atoms with E-state index in [9.17, 15) is 10.1 Å². The number of benzene rings is 1. The number of imidazole rings is 1. The SMILES string of the molecule is Cn1c([N+](=O)[O-])cnc1-c1nnc(N/N=C/c2ccccc2Br)s1. The van der Waals surface area contributed by atoms with Crippen LogP contribution in [-0.2, 0) is 7.05 Å². The first kappa shape index (κ1) is 16.2. The lowest BCUT2D eigenvalue weighted by Gasteiger charge is -1.96. The number of aromatic nitrogens is 4. The van der Waals surface area contributed by atoms with Gasteiger partial charge in [-0.1, -0.05) is 45.5 Å². The highest BCUT2D eigenvalue weighted by atomic mass is 79.9. The van der Waals surface area contributed by atoms with Crippen molar-refractivity contribution in [2.75, 3.05) is 5.43 Å². The fraction of sp³-hybridized carbons (Fsp3) is 0.0769. The summed E-state index contributed by atoms with van der Waals surface area (Å²) in [5.74, 6) is 0.267. The molecule has 0 amide bonds. The summed E-state index contributed by atoms with van der Waals surface area (Å²) >= 11 is 4.63. The van der Waals surface area contributed by atoms with Crippen LogP contribution in [0, 0.1) is 10.1 Å². The third-order valence-corrected chi connectivity index (χ3v) is 4.58. The summed E-state index contributed by atoms with van der Waals surface area (Å²) in [6.45, 7) is 0. The number of nitrogens with zero attached hydrogens (tertiary/aromatic N) is 6. The van der Waals surface area contributed by atoms with Crippen molar-refractivity contribution >= 4 is 44.4 Å². The minimum atomic E-state index is -0.501. The van der Waals surface area contributed by atoms with Crippen LogP contribution in [0.15, 0.2) is 40.0 Å². The van der Waals surface area contributed by atoms with Crippen LogP contribution in [0.1, 0.15) is 5.56 Å². The fourth-order valence-corrected chi connectivity index (χ4v) is 2.98. The van der Waals surface area contributed by atoms with Gasteiger partial charge in [-0.2, -0.15) is 5.10 Å². The van der Waals surface area contributed by atoms with Gasteiger partial charge in [0.2, 0.25) is 10.1 Å². The summed E-state index contributed by atoms with van der Waals surface area (Å²) in [7, 11) is 1.56. The molecule has 0 fully saturated rings. The number of nitro groups is 1. The molecule has 24 heavy (non-hydrogen) atoms. The highest BCUT2D eigenvalue weighted by molar-refractivity contribution is 9.10. The molecule has 1 N–H and O–H groups in total. The number of halogens is 1. The predicted octanol–water partition coefficient (Wildman–Crippen LogP) is 3.06. The molecule has 1 aromatic carbocycles. The molecule has 0 atom stereocenters. The standard InChI is InChI=1S/C13H10BrN7O2S/c1-20-10(21(22)23)7-15-11(20)12-17-19-13(24-12)18-16-6-8-4-2-3-5-9(8)14/h2-7H,1H3,(H,18,19)/b16-6+. The van der Waals surface area contributed by atoms with Crippen molar-refractivity contribution in [3.05, 3.63) is 50.6 Å². The zero-order valence-corrected chi connectivity index (χ0v) is 14.7. The van der Waals surface area contributed by atoms with Crippen molar-refractivity contribution < 1.29 is 4.92 Å². The first-order chi connectivity index (χ1) is 11.6. The van der Waals surface area contributed by atoms with Gasteiger partial charge in [-0.3, -0.25) is 5.43 Å². The van der Waals surface area contributed by atoms with Crippen LogP contribution in [0.2, 0.25) is 0 Å². The number of hydrazone groups is 1. The Morgan fingerprint density at radius 3 is 2.92 bits per heavy atom. The maximum absolute atomic E-state index is 10.9. The van der Waals surface area contributed by atoms with E-state index in [4.69, 9.17) is 0 Å². The van der Waals surface area contributed by atoms with E-state index in [-0.39, 0.29) is 5.82 Å². The van der Waals surface area contributed by atoms with Gasteiger partial charge in [0.15, 0.2) is 0 Å². The second kappa shape index (κ2) is 6.84. The third-order valence-electron chi connectivity index (χ3n) is 3.04. The minimum Gasteiger partial charge on any atom is -0.358 e. The van der Waals surface area contributed by atoms with Crippen LogP contribution in [0.5, 0.6) is 0 Å². The Morgan fingerprint density at radius 1 is 1.42 bits per heavy atom. The molecular weight excluding hydrogens is 398 g/mol. The summed E-state index contributed by atoms with van der Waals surface area (Å²) in [5.41, 5.74) is 3.69. The zero-order chi connectivity index (χ0) is 17.1. The van der Waals surface area contributed by atoms with E-state index in [1.54, 1.807) is 13.3 Å². The van der Waals surface area contributed by atoms with Gasteiger partial charge in [-0.15, -0.1) is 10.2 Å². The van der Waals surface area contributed by atoms with Gasteiger partial charge in [0.05, 0.1) is 13.3 Å².